The van der Waals surface area contributed by atoms with Crippen LogP contribution in [0.4, 0.5) is 0 Å². The van der Waals surface area contributed by atoms with Crippen LogP contribution < -0.4 is 5.11 Å². The Bertz CT molecular complexity index is 578. The van der Waals surface area contributed by atoms with Gasteiger partial charge in [0.1, 0.15) is 6.54 Å². The molecule has 0 saturated heterocycles. The third-order valence-corrected chi connectivity index (χ3v) is 7.03. The number of rotatable bonds is 28. The molecule has 0 saturated carbocycles. The fourth-order valence-corrected chi connectivity index (χ4v) is 5.02. The van der Waals surface area contributed by atoms with Gasteiger partial charge in [0.05, 0.1) is 12.5 Å². The van der Waals surface area contributed by atoms with Gasteiger partial charge in [-0.1, -0.05) is 115 Å². The Morgan fingerprint density at radius 2 is 0.919 bits per heavy atom. The van der Waals surface area contributed by atoms with Gasteiger partial charge >= 0.3 is 11.9 Å². The lowest BCUT2D eigenvalue weighted by molar-refractivity contribution is -0.909. The molecule has 37 heavy (non-hydrogen) atoms. The molecule has 0 bridgehead atoms. The third kappa shape index (κ3) is 24.2. The number of hydrogen-bond donors (Lipinski definition) is 2. The zero-order valence-corrected chi connectivity index (χ0v) is 23.6. The Morgan fingerprint density at radius 3 is 1.27 bits per heavy atom. The Kier molecular flexibility index (Phi) is 23.2. The second kappa shape index (κ2) is 24.4. The highest BCUT2D eigenvalue weighted by Gasteiger charge is 2.33. The van der Waals surface area contributed by atoms with E-state index in [4.69, 9.17) is 10.2 Å². The van der Waals surface area contributed by atoms with Gasteiger partial charge in [-0.05, 0) is 32.1 Å². The SMILES string of the molecule is CCC/C=C/CCCCCCCCCCCCCCCCCCC[N+](CC(=O)[O-])(CC(=O)O)CC(=O)O. The molecule has 0 aromatic heterocycles. The van der Waals surface area contributed by atoms with Crippen LogP contribution >= 0.6 is 0 Å². The maximum atomic E-state index is 11.2. The van der Waals surface area contributed by atoms with Gasteiger partial charge in [-0.2, -0.15) is 0 Å². The smallest absolute Gasteiger partial charge is 0.359 e. The van der Waals surface area contributed by atoms with E-state index in [-0.39, 0.29) is 6.54 Å². The summed E-state index contributed by atoms with van der Waals surface area (Å²) in [6, 6.07) is 0. The van der Waals surface area contributed by atoms with E-state index < -0.39 is 42.0 Å². The molecule has 7 nitrogen and oxygen atoms in total. The molecule has 0 aliphatic rings. The molecule has 0 aliphatic heterocycles. The minimum atomic E-state index is -1.42. The highest BCUT2D eigenvalue weighted by Crippen LogP contribution is 2.16. The summed E-state index contributed by atoms with van der Waals surface area (Å²) < 4.78 is -0.496. The summed E-state index contributed by atoms with van der Waals surface area (Å²) in [6.07, 6.45) is 29.2. The van der Waals surface area contributed by atoms with E-state index in [1.54, 1.807) is 0 Å². The fraction of sp³-hybridized carbons (Fsp3) is 0.833. The van der Waals surface area contributed by atoms with E-state index in [2.05, 4.69) is 19.1 Å². The number of carboxylic acid groups (broad SMARTS) is 3. The molecule has 0 fully saturated rings. The van der Waals surface area contributed by atoms with E-state index in [0.29, 0.717) is 6.42 Å². The molecule has 0 aliphatic carbocycles. The first-order valence-electron chi connectivity index (χ1n) is 14.9. The molecule has 0 aromatic carbocycles. The second-order valence-corrected chi connectivity index (χ2v) is 10.8. The average molecular weight is 526 g/mol. The van der Waals surface area contributed by atoms with Crippen LogP contribution in [0.3, 0.4) is 0 Å². The van der Waals surface area contributed by atoms with Crippen LogP contribution in [-0.4, -0.2) is 58.8 Å². The molecule has 0 atom stereocenters. The molecular weight excluding hydrogens is 470 g/mol. The van der Waals surface area contributed by atoms with Gasteiger partial charge in [0.25, 0.3) is 0 Å². The third-order valence-electron chi connectivity index (χ3n) is 7.03. The topological polar surface area (TPSA) is 115 Å². The molecular formula is C30H55NO6. The Balaban J connectivity index is 3.62. The van der Waals surface area contributed by atoms with Gasteiger partial charge < -0.3 is 24.6 Å². The predicted molar refractivity (Wildman–Crippen MR) is 147 cm³/mol. The van der Waals surface area contributed by atoms with E-state index in [1.807, 2.05) is 0 Å². The summed E-state index contributed by atoms with van der Waals surface area (Å²) >= 11 is 0. The highest BCUT2D eigenvalue weighted by atomic mass is 16.4. The van der Waals surface area contributed by atoms with Crippen molar-refractivity contribution in [1.29, 1.82) is 0 Å². The van der Waals surface area contributed by atoms with Crippen LogP contribution in [0.25, 0.3) is 0 Å². The predicted octanol–water partition coefficient (Wildman–Crippen LogP) is 6.10. The lowest BCUT2D eigenvalue weighted by atomic mass is 10.0. The lowest BCUT2D eigenvalue weighted by Gasteiger charge is -2.36. The number of carbonyl (C=O) groups excluding carboxylic acids is 1. The van der Waals surface area contributed by atoms with Crippen LogP contribution in [0.2, 0.25) is 0 Å². The molecule has 0 spiro atoms. The zero-order chi connectivity index (χ0) is 27.6. The van der Waals surface area contributed by atoms with Crippen molar-refractivity contribution in [2.45, 2.75) is 135 Å². The largest absolute Gasteiger partial charge is 0.544 e. The molecule has 0 unspecified atom stereocenters. The van der Waals surface area contributed by atoms with E-state index >= 15 is 0 Å². The van der Waals surface area contributed by atoms with Crippen molar-refractivity contribution in [3.8, 4) is 0 Å². The molecule has 7 heteroatoms. The van der Waals surface area contributed by atoms with Crippen LogP contribution in [0.5, 0.6) is 0 Å². The Labute approximate surface area is 225 Å². The number of carbonyl (C=O) groups is 3. The normalized spacial score (nSPS) is 11.8. The summed E-state index contributed by atoms with van der Waals surface area (Å²) in [5.41, 5.74) is 0. The fourth-order valence-electron chi connectivity index (χ4n) is 5.02. The number of unbranched alkanes of at least 4 members (excludes halogenated alkanes) is 18. The average Bonchev–Trinajstić information content (AvgIpc) is 2.81. The number of nitrogens with zero attached hydrogens (tertiary/aromatic N) is 1. The molecule has 2 N–H and O–H groups in total. The monoisotopic (exact) mass is 525 g/mol. The van der Waals surface area contributed by atoms with Gasteiger partial charge in [0.15, 0.2) is 13.1 Å². The van der Waals surface area contributed by atoms with Crippen molar-refractivity contribution in [1.82, 2.24) is 0 Å². The summed E-state index contributed by atoms with van der Waals surface area (Å²) in [7, 11) is 0. The number of carboxylic acids is 3. The lowest BCUT2D eigenvalue weighted by Crippen LogP contribution is -2.59. The van der Waals surface area contributed by atoms with Gasteiger partial charge in [0, 0.05) is 0 Å². The minimum absolute atomic E-state index is 0.225. The minimum Gasteiger partial charge on any atom is -0.544 e. The van der Waals surface area contributed by atoms with Crippen molar-refractivity contribution in [2.24, 2.45) is 0 Å². The van der Waals surface area contributed by atoms with Crippen molar-refractivity contribution in [3.63, 3.8) is 0 Å². The van der Waals surface area contributed by atoms with E-state index in [0.717, 1.165) is 19.3 Å². The van der Waals surface area contributed by atoms with Gasteiger partial charge in [-0.15, -0.1) is 0 Å². The van der Waals surface area contributed by atoms with Crippen molar-refractivity contribution < 1.29 is 34.2 Å². The van der Waals surface area contributed by atoms with Gasteiger partial charge in [-0.3, -0.25) is 0 Å². The first kappa shape index (κ1) is 35.1. The summed E-state index contributed by atoms with van der Waals surface area (Å²) in [5, 5.41) is 29.3. The highest BCUT2D eigenvalue weighted by molar-refractivity contribution is 5.72. The molecule has 0 aromatic rings. The van der Waals surface area contributed by atoms with Crippen molar-refractivity contribution >= 4 is 17.9 Å². The van der Waals surface area contributed by atoms with Gasteiger partial charge in [0.2, 0.25) is 0 Å². The maximum absolute atomic E-state index is 11.2. The summed E-state index contributed by atoms with van der Waals surface area (Å²) in [4.78, 5) is 33.4. The molecule has 0 amide bonds. The van der Waals surface area contributed by atoms with E-state index in [9.17, 15) is 19.5 Å². The van der Waals surface area contributed by atoms with Crippen molar-refractivity contribution in [2.75, 3.05) is 26.2 Å². The number of hydrogen-bond acceptors (Lipinski definition) is 4. The van der Waals surface area contributed by atoms with Crippen LogP contribution in [0, 0.1) is 0 Å². The standard InChI is InChI=1S/C30H55NO6/c1-2-3-4-5-6-7-8-9-10-11-12-13-14-15-16-17-18-19-20-21-22-23-24-31(25-28(32)33,26-29(34)35)27-30(36)37/h4-5H,2-3,6-27H2,1H3,(H2-,32,33,34,35,36,37)/b5-4+. The first-order valence-corrected chi connectivity index (χ1v) is 14.9. The number of quaternary nitrogens is 1. The molecule has 0 rings (SSSR count). The number of allylic oxidation sites excluding steroid dienone is 2. The number of aliphatic carboxylic acids is 3. The van der Waals surface area contributed by atoms with Crippen molar-refractivity contribution in [3.05, 3.63) is 12.2 Å². The Hall–Kier alpha value is -1.89. The summed E-state index contributed by atoms with van der Waals surface area (Å²) in [5.74, 6) is -3.81. The maximum Gasteiger partial charge on any atom is 0.359 e. The molecule has 0 heterocycles. The van der Waals surface area contributed by atoms with Crippen LogP contribution in [0.1, 0.15) is 135 Å². The Morgan fingerprint density at radius 1 is 0.568 bits per heavy atom. The summed E-state index contributed by atoms with van der Waals surface area (Å²) in [6.45, 7) is 0.825. The van der Waals surface area contributed by atoms with E-state index in [1.165, 1.54) is 103 Å². The van der Waals surface area contributed by atoms with Gasteiger partial charge in [-0.25, -0.2) is 9.59 Å². The second-order valence-electron chi connectivity index (χ2n) is 10.8. The zero-order valence-electron chi connectivity index (χ0n) is 23.6. The quantitative estimate of drug-likeness (QED) is 0.0724. The van der Waals surface area contributed by atoms with Crippen LogP contribution in [0.15, 0.2) is 12.2 Å². The first-order chi connectivity index (χ1) is 17.8. The van der Waals surface area contributed by atoms with Crippen LogP contribution in [-0.2, 0) is 14.4 Å². The molecule has 0 radical (unpaired) electrons. The molecule has 216 valence electrons.